The molecule has 1 aliphatic heterocycles. The highest BCUT2D eigenvalue weighted by atomic mass is 16.5. The molecule has 22 heavy (non-hydrogen) atoms. The molecular formula is C16H20N4O2. The van der Waals surface area contributed by atoms with Crippen LogP contribution in [-0.2, 0) is 11.3 Å². The number of nitrogens with zero attached hydrogens (tertiary/aromatic N) is 2. The summed E-state index contributed by atoms with van der Waals surface area (Å²) in [5, 5.41) is 15.4. The number of amides is 1. The molecule has 0 atom stereocenters. The predicted molar refractivity (Wildman–Crippen MR) is 83.0 cm³/mol. The van der Waals surface area contributed by atoms with Gasteiger partial charge in [-0.1, -0.05) is 12.1 Å². The summed E-state index contributed by atoms with van der Waals surface area (Å²) in [5.41, 5.74) is 1.15. The topological polar surface area (TPSA) is 77.4 Å². The van der Waals surface area contributed by atoms with Crippen LogP contribution in [-0.4, -0.2) is 44.1 Å². The Morgan fingerprint density at radius 2 is 2.27 bits per heavy atom. The summed E-state index contributed by atoms with van der Waals surface area (Å²) >= 11 is 0. The molecule has 2 rings (SSSR count). The Kier molecular flexibility index (Phi) is 5.81. The van der Waals surface area contributed by atoms with Gasteiger partial charge in [-0.25, -0.2) is 0 Å². The van der Waals surface area contributed by atoms with E-state index < -0.39 is 0 Å². The second-order valence-electron chi connectivity index (χ2n) is 4.94. The molecule has 1 fully saturated rings. The van der Waals surface area contributed by atoms with E-state index in [1.807, 2.05) is 30.3 Å². The molecule has 0 bridgehead atoms. The van der Waals surface area contributed by atoms with Crippen molar-refractivity contribution < 1.29 is 9.53 Å². The summed E-state index contributed by atoms with van der Waals surface area (Å²) in [7, 11) is 1.62. The first-order chi connectivity index (χ1) is 10.7. The van der Waals surface area contributed by atoms with Crippen LogP contribution in [0, 0.1) is 11.3 Å². The Balaban J connectivity index is 1.94. The van der Waals surface area contributed by atoms with Crippen LogP contribution in [0.3, 0.4) is 0 Å². The van der Waals surface area contributed by atoms with Gasteiger partial charge in [-0.15, -0.1) is 0 Å². The Morgan fingerprint density at radius 3 is 2.95 bits per heavy atom. The van der Waals surface area contributed by atoms with E-state index in [0.717, 1.165) is 24.4 Å². The minimum Gasteiger partial charge on any atom is -0.497 e. The van der Waals surface area contributed by atoms with Gasteiger partial charge in [-0.2, -0.15) is 5.26 Å². The number of carbonyl (C=O) groups excluding carboxylic acids is 1. The van der Waals surface area contributed by atoms with E-state index in [0.29, 0.717) is 19.6 Å². The van der Waals surface area contributed by atoms with E-state index >= 15 is 0 Å². The zero-order valence-corrected chi connectivity index (χ0v) is 12.6. The molecule has 0 aliphatic carbocycles. The average molecular weight is 300 g/mol. The van der Waals surface area contributed by atoms with Gasteiger partial charge in [0, 0.05) is 38.9 Å². The molecular weight excluding hydrogens is 280 g/mol. The standard InChI is InChI=1S/C16H20N4O2/c1-22-15-4-2-3-13(9-15)11-19-12-14(10-17)16(21)20-7-5-18-6-8-20/h2-4,9,12,18-19H,5-8,11H2,1H3/b14-12-. The van der Waals surface area contributed by atoms with Crippen LogP contribution in [0.4, 0.5) is 0 Å². The molecule has 116 valence electrons. The minimum absolute atomic E-state index is 0.129. The molecule has 0 saturated carbocycles. The highest BCUT2D eigenvalue weighted by Crippen LogP contribution is 2.12. The molecule has 0 aromatic heterocycles. The molecule has 0 unspecified atom stereocenters. The van der Waals surface area contributed by atoms with Gasteiger partial charge in [0.15, 0.2) is 0 Å². The predicted octanol–water partition coefficient (Wildman–Crippen LogP) is 0.624. The van der Waals surface area contributed by atoms with E-state index in [1.165, 1.54) is 6.20 Å². The average Bonchev–Trinajstić information content (AvgIpc) is 2.59. The van der Waals surface area contributed by atoms with Gasteiger partial charge in [0.25, 0.3) is 5.91 Å². The largest absolute Gasteiger partial charge is 0.497 e. The normalized spacial score (nSPS) is 15.1. The van der Waals surface area contributed by atoms with Gasteiger partial charge in [0.2, 0.25) is 0 Å². The number of hydrogen-bond donors (Lipinski definition) is 2. The Hall–Kier alpha value is -2.52. The van der Waals surface area contributed by atoms with Crippen molar-refractivity contribution in [2.24, 2.45) is 0 Å². The van der Waals surface area contributed by atoms with Crippen molar-refractivity contribution in [2.75, 3.05) is 33.3 Å². The van der Waals surface area contributed by atoms with E-state index in [4.69, 9.17) is 10.00 Å². The monoisotopic (exact) mass is 300 g/mol. The van der Waals surface area contributed by atoms with Gasteiger partial charge < -0.3 is 20.3 Å². The summed E-state index contributed by atoms with van der Waals surface area (Å²) in [5.74, 6) is 0.558. The number of hydrogen-bond acceptors (Lipinski definition) is 5. The maximum absolute atomic E-state index is 12.2. The molecule has 1 aromatic rings. The lowest BCUT2D eigenvalue weighted by atomic mass is 10.2. The van der Waals surface area contributed by atoms with Crippen molar-refractivity contribution in [3.05, 3.63) is 41.6 Å². The SMILES string of the molecule is COc1cccc(CN/C=C(/C#N)C(=O)N2CCNCC2)c1. The van der Waals surface area contributed by atoms with Crippen molar-refractivity contribution in [3.63, 3.8) is 0 Å². The molecule has 0 radical (unpaired) electrons. The lowest BCUT2D eigenvalue weighted by molar-refractivity contribution is -0.127. The molecule has 6 heteroatoms. The van der Waals surface area contributed by atoms with Crippen LogP contribution in [0.15, 0.2) is 36.0 Å². The molecule has 1 saturated heterocycles. The first-order valence-electron chi connectivity index (χ1n) is 7.21. The maximum Gasteiger partial charge on any atom is 0.266 e. The Bertz CT molecular complexity index is 586. The van der Waals surface area contributed by atoms with E-state index in [2.05, 4.69) is 10.6 Å². The first-order valence-corrected chi connectivity index (χ1v) is 7.21. The fraction of sp³-hybridized carbons (Fsp3) is 0.375. The number of nitriles is 1. The third-order valence-corrected chi connectivity index (χ3v) is 3.44. The van der Waals surface area contributed by atoms with Crippen molar-refractivity contribution in [3.8, 4) is 11.8 Å². The van der Waals surface area contributed by atoms with Crippen molar-refractivity contribution in [1.82, 2.24) is 15.5 Å². The zero-order valence-electron chi connectivity index (χ0n) is 12.6. The maximum atomic E-state index is 12.2. The number of rotatable bonds is 5. The molecule has 6 nitrogen and oxygen atoms in total. The molecule has 1 aliphatic rings. The van der Waals surface area contributed by atoms with Crippen LogP contribution >= 0.6 is 0 Å². The van der Waals surface area contributed by atoms with Gasteiger partial charge in [-0.3, -0.25) is 4.79 Å². The van der Waals surface area contributed by atoms with Crippen LogP contribution < -0.4 is 15.4 Å². The van der Waals surface area contributed by atoms with Gasteiger partial charge in [0.1, 0.15) is 17.4 Å². The fourth-order valence-corrected chi connectivity index (χ4v) is 2.23. The smallest absolute Gasteiger partial charge is 0.266 e. The molecule has 0 spiro atoms. The first kappa shape index (κ1) is 15.9. The third kappa shape index (κ3) is 4.24. The number of benzene rings is 1. The summed E-state index contributed by atoms with van der Waals surface area (Å²) in [6.45, 7) is 3.32. The quantitative estimate of drug-likeness (QED) is 0.616. The highest BCUT2D eigenvalue weighted by molar-refractivity contribution is 5.97. The number of piperazine rings is 1. The summed E-state index contributed by atoms with van der Waals surface area (Å²) in [6, 6.07) is 9.60. The lowest BCUT2D eigenvalue weighted by Gasteiger charge is -2.27. The fourth-order valence-electron chi connectivity index (χ4n) is 2.23. The van der Waals surface area contributed by atoms with Gasteiger partial charge in [0.05, 0.1) is 7.11 Å². The van der Waals surface area contributed by atoms with Gasteiger partial charge >= 0.3 is 0 Å². The van der Waals surface area contributed by atoms with Gasteiger partial charge in [-0.05, 0) is 17.7 Å². The van der Waals surface area contributed by atoms with Crippen molar-refractivity contribution in [1.29, 1.82) is 5.26 Å². The van der Waals surface area contributed by atoms with Crippen LogP contribution in [0.5, 0.6) is 5.75 Å². The number of methoxy groups -OCH3 is 1. The van der Waals surface area contributed by atoms with E-state index in [-0.39, 0.29) is 11.5 Å². The summed E-state index contributed by atoms with van der Waals surface area (Å²) < 4.78 is 5.16. The Labute approximate surface area is 130 Å². The minimum atomic E-state index is -0.220. The van der Waals surface area contributed by atoms with Crippen LogP contribution in [0.1, 0.15) is 5.56 Å². The van der Waals surface area contributed by atoms with Crippen LogP contribution in [0.2, 0.25) is 0 Å². The molecule has 1 heterocycles. The second kappa shape index (κ2) is 8.05. The zero-order chi connectivity index (χ0) is 15.8. The Morgan fingerprint density at radius 1 is 1.50 bits per heavy atom. The molecule has 1 aromatic carbocycles. The third-order valence-electron chi connectivity index (χ3n) is 3.44. The molecule has 1 amide bonds. The lowest BCUT2D eigenvalue weighted by Crippen LogP contribution is -2.46. The highest BCUT2D eigenvalue weighted by Gasteiger charge is 2.19. The number of carbonyl (C=O) groups is 1. The second-order valence-corrected chi connectivity index (χ2v) is 4.94. The molecule has 2 N–H and O–H groups in total. The van der Waals surface area contributed by atoms with Crippen molar-refractivity contribution in [2.45, 2.75) is 6.54 Å². The number of ether oxygens (including phenoxy) is 1. The van der Waals surface area contributed by atoms with Crippen molar-refractivity contribution >= 4 is 5.91 Å². The van der Waals surface area contributed by atoms with E-state index in [9.17, 15) is 4.79 Å². The number of nitrogens with one attached hydrogen (secondary N) is 2. The summed E-state index contributed by atoms with van der Waals surface area (Å²) in [4.78, 5) is 13.9. The van der Waals surface area contributed by atoms with Crippen LogP contribution in [0.25, 0.3) is 0 Å². The summed E-state index contributed by atoms with van der Waals surface area (Å²) in [6.07, 6.45) is 1.49. The van der Waals surface area contributed by atoms with E-state index in [1.54, 1.807) is 12.0 Å².